The minimum Gasteiger partial charge on any atom is -0.348 e. The Hall–Kier alpha value is -2.94. The van der Waals surface area contributed by atoms with Crippen molar-refractivity contribution in [1.82, 2.24) is 20.6 Å². The molecule has 2 saturated carbocycles. The lowest BCUT2D eigenvalue weighted by molar-refractivity contribution is -0.127. The third-order valence-electron chi connectivity index (χ3n) is 6.99. The maximum absolute atomic E-state index is 13.4. The fourth-order valence-corrected chi connectivity index (χ4v) is 5.18. The van der Waals surface area contributed by atoms with E-state index in [0.717, 1.165) is 12.8 Å². The maximum Gasteiger partial charge on any atom is 0.272 e. The van der Waals surface area contributed by atoms with Crippen LogP contribution in [-0.4, -0.2) is 46.3 Å². The van der Waals surface area contributed by atoms with Gasteiger partial charge in [0.25, 0.3) is 11.8 Å². The first-order valence-electron chi connectivity index (χ1n) is 11.3. The summed E-state index contributed by atoms with van der Waals surface area (Å²) in [6.45, 7) is 0.537. The predicted molar refractivity (Wildman–Crippen MR) is 120 cm³/mol. The van der Waals surface area contributed by atoms with E-state index >= 15 is 0 Å². The van der Waals surface area contributed by atoms with Gasteiger partial charge in [0.05, 0.1) is 22.5 Å². The zero-order valence-corrected chi connectivity index (χ0v) is 18.8. The van der Waals surface area contributed by atoms with E-state index in [-0.39, 0.29) is 46.2 Å². The second-order valence-corrected chi connectivity index (χ2v) is 9.61. The monoisotopic (exact) mass is 473 g/mol. The molecular formula is C23H25ClFN5O3. The molecule has 174 valence electrons. The van der Waals surface area contributed by atoms with Gasteiger partial charge in [-0.1, -0.05) is 11.6 Å². The average molecular weight is 474 g/mol. The molecule has 1 aromatic heterocycles. The van der Waals surface area contributed by atoms with Gasteiger partial charge in [0.2, 0.25) is 5.91 Å². The first-order chi connectivity index (χ1) is 15.9. The number of nitrogens with one attached hydrogen (secondary N) is 3. The molecule has 1 saturated heterocycles. The molecule has 1 aromatic carbocycles. The van der Waals surface area contributed by atoms with Crippen LogP contribution in [-0.2, 0) is 4.79 Å². The third kappa shape index (κ3) is 4.21. The SMILES string of the molecule is O=C(NC1CC1)c1nc[nH]c1C(=O)NC1CCC2(CC1)CCN(c1ccc(F)cc1Cl)C2=O. The highest BCUT2D eigenvalue weighted by Crippen LogP contribution is 2.47. The molecule has 3 amide bonds. The number of anilines is 1. The van der Waals surface area contributed by atoms with Crippen molar-refractivity contribution in [3.8, 4) is 0 Å². The highest BCUT2D eigenvalue weighted by Gasteiger charge is 2.49. The van der Waals surface area contributed by atoms with Gasteiger partial charge in [0.1, 0.15) is 11.5 Å². The van der Waals surface area contributed by atoms with Crippen LogP contribution in [0.15, 0.2) is 24.5 Å². The Balaban J connectivity index is 1.20. The van der Waals surface area contributed by atoms with Crippen LogP contribution in [0.2, 0.25) is 5.02 Å². The van der Waals surface area contributed by atoms with Crippen LogP contribution in [0, 0.1) is 11.2 Å². The van der Waals surface area contributed by atoms with E-state index in [0.29, 0.717) is 44.3 Å². The van der Waals surface area contributed by atoms with Crippen LogP contribution in [0.5, 0.6) is 0 Å². The summed E-state index contributed by atoms with van der Waals surface area (Å²) in [6, 6.07) is 4.15. The quantitative estimate of drug-likeness (QED) is 0.619. The normalized spacial score (nSPS) is 24.8. The van der Waals surface area contributed by atoms with Crippen molar-refractivity contribution in [3.05, 3.63) is 46.8 Å². The minimum absolute atomic E-state index is 0.00776. The molecule has 0 unspecified atom stereocenters. The number of aromatic nitrogens is 2. The molecular weight excluding hydrogens is 449 g/mol. The van der Waals surface area contributed by atoms with E-state index in [1.165, 1.54) is 18.5 Å². The van der Waals surface area contributed by atoms with Crippen molar-refractivity contribution in [2.24, 2.45) is 5.41 Å². The summed E-state index contributed by atoms with van der Waals surface area (Å²) in [4.78, 5) is 46.8. The first-order valence-corrected chi connectivity index (χ1v) is 11.7. The molecule has 0 bridgehead atoms. The van der Waals surface area contributed by atoms with E-state index in [9.17, 15) is 18.8 Å². The summed E-state index contributed by atoms with van der Waals surface area (Å²) in [5.74, 6) is -1.14. The predicted octanol–water partition coefficient (Wildman–Crippen LogP) is 3.19. The van der Waals surface area contributed by atoms with E-state index in [4.69, 9.17) is 11.6 Å². The number of benzene rings is 1. The molecule has 1 aliphatic heterocycles. The lowest BCUT2D eigenvalue weighted by Gasteiger charge is -2.36. The molecule has 2 aliphatic carbocycles. The van der Waals surface area contributed by atoms with Crippen LogP contribution >= 0.6 is 11.6 Å². The van der Waals surface area contributed by atoms with Gasteiger partial charge < -0.3 is 20.5 Å². The average Bonchev–Trinajstić information content (AvgIpc) is 3.36. The smallest absolute Gasteiger partial charge is 0.272 e. The summed E-state index contributed by atoms with van der Waals surface area (Å²) in [5, 5.41) is 6.06. The number of carbonyl (C=O) groups excluding carboxylic acids is 3. The lowest BCUT2D eigenvalue weighted by atomic mass is 9.71. The van der Waals surface area contributed by atoms with Gasteiger partial charge in [0, 0.05) is 18.6 Å². The molecule has 0 atom stereocenters. The van der Waals surface area contributed by atoms with Gasteiger partial charge >= 0.3 is 0 Å². The number of H-pyrrole nitrogens is 1. The summed E-state index contributed by atoms with van der Waals surface area (Å²) in [5.41, 5.74) is 0.306. The van der Waals surface area contributed by atoms with E-state index in [1.54, 1.807) is 11.0 Å². The second kappa shape index (κ2) is 8.44. The highest BCUT2D eigenvalue weighted by atomic mass is 35.5. The van der Waals surface area contributed by atoms with Crippen molar-refractivity contribution in [3.63, 3.8) is 0 Å². The van der Waals surface area contributed by atoms with E-state index < -0.39 is 11.2 Å². The molecule has 3 aliphatic rings. The molecule has 0 radical (unpaired) electrons. The zero-order chi connectivity index (χ0) is 23.2. The van der Waals surface area contributed by atoms with Crippen LogP contribution in [0.25, 0.3) is 0 Å². The third-order valence-corrected chi connectivity index (χ3v) is 7.29. The number of imidazole rings is 1. The molecule has 33 heavy (non-hydrogen) atoms. The van der Waals surface area contributed by atoms with E-state index in [2.05, 4.69) is 20.6 Å². The number of hydrogen-bond acceptors (Lipinski definition) is 4. The maximum atomic E-state index is 13.4. The Bertz CT molecular complexity index is 1110. The first kappa shape index (κ1) is 21.9. The second-order valence-electron chi connectivity index (χ2n) is 9.20. The molecule has 2 aromatic rings. The van der Waals surface area contributed by atoms with Gasteiger partial charge in [-0.05, 0) is 63.1 Å². The van der Waals surface area contributed by atoms with Crippen molar-refractivity contribution < 1.29 is 18.8 Å². The van der Waals surface area contributed by atoms with Crippen LogP contribution < -0.4 is 15.5 Å². The van der Waals surface area contributed by atoms with Crippen molar-refractivity contribution in [1.29, 1.82) is 0 Å². The fraction of sp³-hybridized carbons (Fsp3) is 0.478. The molecule has 3 N–H and O–H groups in total. The number of aromatic amines is 1. The number of amides is 3. The Labute approximate surface area is 195 Å². The molecule has 1 spiro atoms. The van der Waals surface area contributed by atoms with Gasteiger partial charge in [-0.2, -0.15) is 0 Å². The zero-order valence-electron chi connectivity index (χ0n) is 18.0. The number of rotatable bonds is 5. The Kier molecular flexibility index (Phi) is 5.60. The van der Waals surface area contributed by atoms with Crippen molar-refractivity contribution >= 4 is 35.0 Å². The summed E-state index contributed by atoms with van der Waals surface area (Å²) >= 11 is 6.18. The minimum atomic E-state index is -0.484. The number of hydrogen-bond donors (Lipinski definition) is 3. The van der Waals surface area contributed by atoms with Gasteiger partial charge in [-0.3, -0.25) is 14.4 Å². The number of nitrogens with zero attached hydrogens (tertiary/aromatic N) is 2. The summed E-state index contributed by atoms with van der Waals surface area (Å²) in [7, 11) is 0. The van der Waals surface area contributed by atoms with Crippen molar-refractivity contribution in [2.45, 2.75) is 57.0 Å². The topological polar surface area (TPSA) is 107 Å². The Morgan fingerprint density at radius 2 is 1.79 bits per heavy atom. The van der Waals surface area contributed by atoms with E-state index in [1.807, 2.05) is 0 Å². The number of halogens is 2. The van der Waals surface area contributed by atoms with Gasteiger partial charge in [-0.25, -0.2) is 9.37 Å². The van der Waals surface area contributed by atoms with Crippen LogP contribution in [0.4, 0.5) is 10.1 Å². The molecule has 3 fully saturated rings. The Morgan fingerprint density at radius 1 is 1.09 bits per heavy atom. The van der Waals surface area contributed by atoms with Crippen LogP contribution in [0.1, 0.15) is 65.9 Å². The fourth-order valence-electron chi connectivity index (χ4n) is 4.91. The molecule has 10 heteroatoms. The molecule has 2 heterocycles. The van der Waals surface area contributed by atoms with Crippen LogP contribution in [0.3, 0.4) is 0 Å². The lowest BCUT2D eigenvalue weighted by Crippen LogP contribution is -2.44. The molecule has 5 rings (SSSR count). The van der Waals surface area contributed by atoms with Crippen molar-refractivity contribution in [2.75, 3.05) is 11.4 Å². The Morgan fingerprint density at radius 3 is 2.48 bits per heavy atom. The summed E-state index contributed by atoms with van der Waals surface area (Å²) in [6.07, 6.45) is 6.54. The highest BCUT2D eigenvalue weighted by molar-refractivity contribution is 6.34. The standard InChI is InChI=1S/C23H25ClFN5O3/c24-16-11-13(25)1-4-17(16)30-10-9-23(22(30)33)7-5-15(6-8-23)29-21(32)19-18(26-12-27-19)20(31)28-14-2-3-14/h1,4,11-12,14-15H,2-3,5-10H2,(H,26,27)(H,28,31)(H,29,32). The van der Waals surface area contributed by atoms with Gasteiger partial charge in [0.15, 0.2) is 5.69 Å². The molecule has 8 nitrogen and oxygen atoms in total. The largest absolute Gasteiger partial charge is 0.348 e. The number of carbonyl (C=O) groups is 3. The summed E-state index contributed by atoms with van der Waals surface area (Å²) < 4.78 is 13.4. The van der Waals surface area contributed by atoms with Gasteiger partial charge in [-0.15, -0.1) is 0 Å².